The van der Waals surface area contributed by atoms with Crippen molar-refractivity contribution in [3.63, 3.8) is 0 Å². The number of urea groups is 1. The van der Waals surface area contributed by atoms with Crippen LogP contribution < -0.4 is 15.5 Å². The average molecular weight is 270 g/mol. The van der Waals surface area contributed by atoms with Crippen LogP contribution in [0.3, 0.4) is 0 Å². The second kappa shape index (κ2) is 8.91. The average Bonchev–Trinajstić information content (AvgIpc) is 2.32. The summed E-state index contributed by atoms with van der Waals surface area (Å²) in [4.78, 5) is 24.6. The minimum absolute atomic E-state index is 0.0989. The maximum Gasteiger partial charge on any atom is 0.321 e. The summed E-state index contributed by atoms with van der Waals surface area (Å²) in [5.41, 5.74) is 0. The molecule has 3 amide bonds. The van der Waals surface area contributed by atoms with E-state index in [4.69, 9.17) is 0 Å². The Balaban J connectivity index is 2.26. The molecule has 0 aromatic carbocycles. The van der Waals surface area contributed by atoms with E-state index in [1.165, 1.54) is 37.0 Å². The molecule has 1 fully saturated rings. The van der Waals surface area contributed by atoms with Gasteiger partial charge >= 0.3 is 6.03 Å². The summed E-state index contributed by atoms with van der Waals surface area (Å²) in [7, 11) is 0. The van der Waals surface area contributed by atoms with E-state index in [0.29, 0.717) is 6.54 Å². The van der Waals surface area contributed by atoms with Crippen molar-refractivity contribution in [1.82, 2.24) is 10.6 Å². The summed E-state index contributed by atoms with van der Waals surface area (Å²) in [6.07, 6.45) is 7.07. The van der Waals surface area contributed by atoms with Crippen LogP contribution in [0.1, 0.15) is 52.4 Å². The number of carbonyl (C=O) groups excluding carboxylic acids is 2. The number of carbonyl (C=O) groups is 2. The topological polar surface area (TPSA) is 62.6 Å². The lowest BCUT2D eigenvalue weighted by Crippen LogP contribution is -3.13. The van der Waals surface area contributed by atoms with Crippen LogP contribution in [0.25, 0.3) is 0 Å². The lowest BCUT2D eigenvalue weighted by molar-refractivity contribution is -0.893. The SMILES string of the molecule is CC[C@H](C)NC(=O)NC(=O)C[NH+]1CCCCCCC1. The second-order valence-electron chi connectivity index (χ2n) is 5.53. The highest BCUT2D eigenvalue weighted by molar-refractivity contribution is 5.94. The molecule has 0 aromatic heterocycles. The van der Waals surface area contributed by atoms with Crippen molar-refractivity contribution in [2.24, 2.45) is 0 Å². The molecule has 1 atom stereocenters. The van der Waals surface area contributed by atoms with Gasteiger partial charge in [-0.2, -0.15) is 0 Å². The molecule has 19 heavy (non-hydrogen) atoms. The molecule has 0 aromatic rings. The van der Waals surface area contributed by atoms with Gasteiger partial charge in [-0.1, -0.05) is 13.3 Å². The summed E-state index contributed by atoms with van der Waals surface area (Å²) in [5.74, 6) is -0.170. The Bertz CT molecular complexity index is 286. The smallest absolute Gasteiger partial charge is 0.321 e. The molecule has 5 heteroatoms. The number of rotatable bonds is 4. The fourth-order valence-electron chi connectivity index (χ4n) is 2.34. The van der Waals surface area contributed by atoms with Crippen LogP contribution in [0.2, 0.25) is 0 Å². The van der Waals surface area contributed by atoms with E-state index >= 15 is 0 Å². The molecule has 0 aliphatic carbocycles. The molecular formula is C14H28N3O2+. The highest BCUT2D eigenvalue weighted by Crippen LogP contribution is 2.02. The maximum absolute atomic E-state index is 11.8. The molecule has 1 aliphatic rings. The van der Waals surface area contributed by atoms with E-state index in [2.05, 4.69) is 10.6 Å². The van der Waals surface area contributed by atoms with Crippen LogP contribution in [0.4, 0.5) is 4.79 Å². The lowest BCUT2D eigenvalue weighted by atomic mass is 10.1. The molecule has 5 nitrogen and oxygen atoms in total. The Labute approximate surface area is 116 Å². The third-order valence-electron chi connectivity index (χ3n) is 3.71. The molecule has 0 bridgehead atoms. The zero-order chi connectivity index (χ0) is 14.1. The Morgan fingerprint density at radius 2 is 1.68 bits per heavy atom. The number of hydrogen-bond donors (Lipinski definition) is 3. The molecule has 0 radical (unpaired) electrons. The van der Waals surface area contributed by atoms with Gasteiger partial charge in [0, 0.05) is 6.04 Å². The van der Waals surface area contributed by atoms with Crippen LogP contribution in [-0.4, -0.2) is 37.6 Å². The third-order valence-corrected chi connectivity index (χ3v) is 3.71. The van der Waals surface area contributed by atoms with Gasteiger partial charge in [-0.25, -0.2) is 4.79 Å². The number of quaternary nitrogens is 1. The normalized spacial score (nSPS) is 19.1. The van der Waals surface area contributed by atoms with Gasteiger partial charge in [0.15, 0.2) is 6.54 Å². The number of nitrogens with one attached hydrogen (secondary N) is 3. The van der Waals surface area contributed by atoms with Crippen molar-refractivity contribution in [1.29, 1.82) is 0 Å². The molecule has 1 rings (SSSR count). The molecule has 0 spiro atoms. The molecule has 1 saturated heterocycles. The fraction of sp³-hybridized carbons (Fsp3) is 0.857. The zero-order valence-electron chi connectivity index (χ0n) is 12.3. The predicted octanol–water partition coefficient (Wildman–Crippen LogP) is 0.460. The van der Waals surface area contributed by atoms with Gasteiger partial charge in [-0.05, 0) is 39.0 Å². The number of likely N-dealkylation sites (tertiary alicyclic amines) is 1. The fourth-order valence-corrected chi connectivity index (χ4v) is 2.34. The summed E-state index contributed by atoms with van der Waals surface area (Å²) in [6, 6.07) is -0.271. The van der Waals surface area contributed by atoms with Crippen molar-refractivity contribution < 1.29 is 14.5 Å². The first-order valence-corrected chi connectivity index (χ1v) is 7.55. The van der Waals surface area contributed by atoms with Crippen molar-refractivity contribution >= 4 is 11.9 Å². The lowest BCUT2D eigenvalue weighted by Gasteiger charge is -2.21. The van der Waals surface area contributed by atoms with Crippen LogP contribution in [-0.2, 0) is 4.79 Å². The molecule has 3 N–H and O–H groups in total. The molecular weight excluding hydrogens is 242 g/mol. The first-order valence-electron chi connectivity index (χ1n) is 7.55. The highest BCUT2D eigenvalue weighted by atomic mass is 16.2. The number of imide groups is 1. The van der Waals surface area contributed by atoms with Crippen molar-refractivity contribution in [3.8, 4) is 0 Å². The van der Waals surface area contributed by atoms with Crippen LogP contribution in [0.5, 0.6) is 0 Å². The van der Waals surface area contributed by atoms with Crippen molar-refractivity contribution in [3.05, 3.63) is 0 Å². The molecule has 0 saturated carbocycles. The summed E-state index contributed by atoms with van der Waals surface area (Å²) in [6.45, 7) is 6.42. The van der Waals surface area contributed by atoms with E-state index in [0.717, 1.165) is 19.5 Å². The first kappa shape index (κ1) is 16.0. The molecule has 1 aliphatic heterocycles. The zero-order valence-corrected chi connectivity index (χ0v) is 12.3. The predicted molar refractivity (Wildman–Crippen MR) is 75.1 cm³/mol. The van der Waals surface area contributed by atoms with Gasteiger partial charge in [0.2, 0.25) is 0 Å². The Kier molecular flexibility index (Phi) is 7.48. The van der Waals surface area contributed by atoms with Crippen LogP contribution in [0, 0.1) is 0 Å². The number of amides is 3. The Morgan fingerprint density at radius 3 is 2.26 bits per heavy atom. The van der Waals surface area contributed by atoms with Crippen molar-refractivity contribution in [2.45, 2.75) is 58.4 Å². The van der Waals surface area contributed by atoms with Gasteiger partial charge in [0.25, 0.3) is 5.91 Å². The van der Waals surface area contributed by atoms with E-state index in [1.54, 1.807) is 0 Å². The molecule has 0 unspecified atom stereocenters. The van der Waals surface area contributed by atoms with Crippen LogP contribution >= 0.6 is 0 Å². The molecule has 110 valence electrons. The quantitative estimate of drug-likeness (QED) is 0.695. The standard InChI is InChI=1S/C14H27N3O2/c1-3-12(2)15-14(19)16-13(18)11-17-9-7-5-4-6-8-10-17/h12H,3-11H2,1-2H3,(H2,15,16,18,19)/p+1/t12-/m0/s1. The van der Waals surface area contributed by atoms with Gasteiger partial charge in [-0.15, -0.1) is 0 Å². The maximum atomic E-state index is 11.8. The van der Waals surface area contributed by atoms with E-state index in [-0.39, 0.29) is 18.0 Å². The Hall–Kier alpha value is -1.10. The van der Waals surface area contributed by atoms with E-state index in [1.807, 2.05) is 13.8 Å². The number of hydrogen-bond acceptors (Lipinski definition) is 2. The molecule has 1 heterocycles. The monoisotopic (exact) mass is 270 g/mol. The van der Waals surface area contributed by atoms with Gasteiger partial charge in [-0.3, -0.25) is 10.1 Å². The van der Waals surface area contributed by atoms with Crippen LogP contribution in [0.15, 0.2) is 0 Å². The minimum atomic E-state index is -0.370. The van der Waals surface area contributed by atoms with E-state index < -0.39 is 0 Å². The summed E-state index contributed by atoms with van der Waals surface area (Å²) >= 11 is 0. The summed E-state index contributed by atoms with van der Waals surface area (Å²) in [5, 5.41) is 5.16. The first-order chi connectivity index (χ1) is 9.11. The van der Waals surface area contributed by atoms with Gasteiger partial charge in [0.05, 0.1) is 13.1 Å². The highest BCUT2D eigenvalue weighted by Gasteiger charge is 2.17. The van der Waals surface area contributed by atoms with E-state index in [9.17, 15) is 9.59 Å². The largest absolute Gasteiger partial charge is 0.335 e. The van der Waals surface area contributed by atoms with Gasteiger partial charge in [0.1, 0.15) is 0 Å². The third kappa shape index (κ3) is 7.15. The van der Waals surface area contributed by atoms with Crippen molar-refractivity contribution in [2.75, 3.05) is 19.6 Å². The van der Waals surface area contributed by atoms with Gasteiger partial charge < -0.3 is 10.2 Å². The second-order valence-corrected chi connectivity index (χ2v) is 5.53. The minimum Gasteiger partial charge on any atom is -0.335 e. The summed E-state index contributed by atoms with van der Waals surface area (Å²) < 4.78 is 0. The Morgan fingerprint density at radius 1 is 1.11 bits per heavy atom.